The Balaban J connectivity index is 2.53. The molecular formula is C9H9IN4. The lowest BCUT2D eigenvalue weighted by atomic mass is 10.2. The van der Waals surface area contributed by atoms with Crippen LogP contribution < -0.4 is 5.73 Å². The van der Waals surface area contributed by atoms with Crippen molar-refractivity contribution in [2.45, 2.75) is 0 Å². The lowest BCUT2D eigenvalue weighted by molar-refractivity contribution is 0.920. The Hall–Kier alpha value is -1.11. The van der Waals surface area contributed by atoms with Crippen molar-refractivity contribution >= 4 is 28.3 Å². The first-order chi connectivity index (χ1) is 6.68. The summed E-state index contributed by atoms with van der Waals surface area (Å²) in [7, 11) is 1.91. The number of anilines is 1. The average molecular weight is 300 g/mol. The minimum Gasteiger partial charge on any atom is -0.398 e. The Kier molecular flexibility index (Phi) is 2.40. The number of nitrogens with two attached hydrogens (primary N) is 1. The Bertz CT molecular complexity index is 464. The van der Waals surface area contributed by atoms with Gasteiger partial charge in [0.15, 0.2) is 5.82 Å². The summed E-state index contributed by atoms with van der Waals surface area (Å²) in [6.07, 6.45) is 1.67. The highest BCUT2D eigenvalue weighted by molar-refractivity contribution is 14.1. The minimum absolute atomic E-state index is 0.770. The second kappa shape index (κ2) is 3.56. The number of nitrogens with zero attached hydrogens (tertiary/aromatic N) is 3. The van der Waals surface area contributed by atoms with Gasteiger partial charge in [-0.2, -0.15) is 0 Å². The molecule has 2 aromatic rings. The van der Waals surface area contributed by atoms with E-state index in [1.54, 1.807) is 6.33 Å². The van der Waals surface area contributed by atoms with Crippen LogP contribution in [0.2, 0.25) is 0 Å². The summed E-state index contributed by atoms with van der Waals surface area (Å²) in [6, 6.07) is 5.87. The monoisotopic (exact) mass is 300 g/mol. The van der Waals surface area contributed by atoms with Crippen LogP contribution in [0.3, 0.4) is 0 Å². The van der Waals surface area contributed by atoms with Gasteiger partial charge < -0.3 is 10.3 Å². The molecule has 5 heteroatoms. The van der Waals surface area contributed by atoms with Crippen LogP contribution in [0.4, 0.5) is 5.69 Å². The third-order valence-corrected chi connectivity index (χ3v) is 2.95. The van der Waals surface area contributed by atoms with Crippen molar-refractivity contribution in [3.05, 3.63) is 28.1 Å². The number of hydrogen-bond acceptors (Lipinski definition) is 3. The Morgan fingerprint density at radius 2 is 2.21 bits per heavy atom. The molecular weight excluding hydrogens is 291 g/mol. The molecule has 0 atom stereocenters. The molecule has 0 aliphatic carbocycles. The zero-order valence-electron chi connectivity index (χ0n) is 7.61. The molecule has 0 radical (unpaired) electrons. The second-order valence-corrected chi connectivity index (χ2v) is 4.16. The van der Waals surface area contributed by atoms with Crippen molar-refractivity contribution in [3.63, 3.8) is 0 Å². The van der Waals surface area contributed by atoms with Gasteiger partial charge in [-0.15, -0.1) is 10.2 Å². The molecule has 0 saturated heterocycles. The lowest BCUT2D eigenvalue weighted by Crippen LogP contribution is -1.94. The number of aryl methyl sites for hydroxylation is 1. The van der Waals surface area contributed by atoms with E-state index < -0.39 is 0 Å². The molecule has 0 fully saturated rings. The van der Waals surface area contributed by atoms with Crippen molar-refractivity contribution in [2.75, 3.05) is 5.73 Å². The molecule has 0 aliphatic rings. The largest absolute Gasteiger partial charge is 0.398 e. The van der Waals surface area contributed by atoms with Crippen molar-refractivity contribution < 1.29 is 0 Å². The standard InChI is InChI=1S/C9H9IN4/c1-14-5-12-13-9(14)6-2-3-7(10)8(11)4-6/h2-5H,11H2,1H3. The number of nitrogen functional groups attached to an aromatic ring is 1. The maximum absolute atomic E-state index is 5.81. The van der Waals surface area contributed by atoms with Gasteiger partial charge in [-0.05, 0) is 40.8 Å². The zero-order chi connectivity index (χ0) is 10.1. The highest BCUT2D eigenvalue weighted by Gasteiger charge is 2.05. The minimum atomic E-state index is 0.770. The van der Waals surface area contributed by atoms with Gasteiger partial charge in [0.1, 0.15) is 6.33 Å². The fourth-order valence-electron chi connectivity index (χ4n) is 1.23. The van der Waals surface area contributed by atoms with E-state index >= 15 is 0 Å². The smallest absolute Gasteiger partial charge is 0.163 e. The molecule has 14 heavy (non-hydrogen) atoms. The Labute approximate surface area is 95.3 Å². The number of hydrogen-bond donors (Lipinski definition) is 1. The third-order valence-electron chi connectivity index (χ3n) is 1.97. The lowest BCUT2D eigenvalue weighted by Gasteiger charge is -2.03. The van der Waals surface area contributed by atoms with Crippen molar-refractivity contribution in [3.8, 4) is 11.4 Å². The number of rotatable bonds is 1. The van der Waals surface area contributed by atoms with Gasteiger partial charge in [0.2, 0.25) is 0 Å². The van der Waals surface area contributed by atoms with E-state index in [1.165, 1.54) is 0 Å². The molecule has 1 heterocycles. The van der Waals surface area contributed by atoms with Gasteiger partial charge in [-0.1, -0.05) is 0 Å². The molecule has 0 spiro atoms. The molecule has 0 unspecified atom stereocenters. The highest BCUT2D eigenvalue weighted by atomic mass is 127. The third kappa shape index (κ3) is 1.59. The maximum atomic E-state index is 5.81. The highest BCUT2D eigenvalue weighted by Crippen LogP contribution is 2.22. The van der Waals surface area contributed by atoms with E-state index in [4.69, 9.17) is 5.73 Å². The van der Waals surface area contributed by atoms with Crippen LogP contribution in [-0.2, 0) is 7.05 Å². The fraction of sp³-hybridized carbons (Fsp3) is 0.111. The zero-order valence-corrected chi connectivity index (χ0v) is 9.76. The molecule has 0 aliphatic heterocycles. The van der Waals surface area contributed by atoms with E-state index in [1.807, 2.05) is 29.8 Å². The van der Waals surface area contributed by atoms with Crippen LogP contribution in [0, 0.1) is 3.57 Å². The van der Waals surface area contributed by atoms with Crippen LogP contribution in [0.5, 0.6) is 0 Å². The molecule has 1 aromatic carbocycles. The van der Waals surface area contributed by atoms with Crippen LogP contribution in [0.15, 0.2) is 24.5 Å². The van der Waals surface area contributed by atoms with E-state index in [-0.39, 0.29) is 0 Å². The quantitative estimate of drug-likeness (QED) is 0.644. The van der Waals surface area contributed by atoms with E-state index in [9.17, 15) is 0 Å². The number of aromatic nitrogens is 3. The topological polar surface area (TPSA) is 56.7 Å². The Morgan fingerprint density at radius 3 is 2.79 bits per heavy atom. The predicted molar refractivity (Wildman–Crippen MR) is 63.6 cm³/mol. The fourth-order valence-corrected chi connectivity index (χ4v) is 1.56. The summed E-state index contributed by atoms with van der Waals surface area (Å²) >= 11 is 2.20. The summed E-state index contributed by atoms with van der Waals surface area (Å²) in [5.41, 5.74) is 7.57. The van der Waals surface area contributed by atoms with Crippen LogP contribution in [-0.4, -0.2) is 14.8 Å². The van der Waals surface area contributed by atoms with E-state index in [0.717, 1.165) is 20.6 Å². The molecule has 72 valence electrons. The first-order valence-electron chi connectivity index (χ1n) is 4.08. The molecule has 1 aromatic heterocycles. The van der Waals surface area contributed by atoms with Crippen LogP contribution in [0.25, 0.3) is 11.4 Å². The van der Waals surface area contributed by atoms with Crippen molar-refractivity contribution in [1.82, 2.24) is 14.8 Å². The molecule has 4 nitrogen and oxygen atoms in total. The summed E-state index contributed by atoms with van der Waals surface area (Å²) in [5.74, 6) is 0.827. The molecule has 0 saturated carbocycles. The van der Waals surface area contributed by atoms with Gasteiger partial charge >= 0.3 is 0 Å². The SMILES string of the molecule is Cn1cnnc1-c1ccc(I)c(N)c1. The summed E-state index contributed by atoms with van der Waals surface area (Å²) < 4.78 is 2.91. The predicted octanol–water partition coefficient (Wildman–Crippen LogP) is 1.67. The van der Waals surface area contributed by atoms with Gasteiger partial charge in [0.25, 0.3) is 0 Å². The molecule has 0 amide bonds. The van der Waals surface area contributed by atoms with Gasteiger partial charge in [-0.25, -0.2) is 0 Å². The van der Waals surface area contributed by atoms with Crippen LogP contribution >= 0.6 is 22.6 Å². The second-order valence-electron chi connectivity index (χ2n) is 3.00. The summed E-state index contributed by atoms with van der Waals surface area (Å²) in [4.78, 5) is 0. The normalized spacial score (nSPS) is 10.4. The van der Waals surface area contributed by atoms with E-state index in [2.05, 4.69) is 32.8 Å². The maximum Gasteiger partial charge on any atom is 0.163 e. The molecule has 2 rings (SSSR count). The first-order valence-corrected chi connectivity index (χ1v) is 5.16. The number of benzene rings is 1. The first kappa shape index (κ1) is 9.45. The molecule has 0 bridgehead atoms. The number of halogens is 1. The summed E-state index contributed by atoms with van der Waals surface area (Å²) in [5, 5.41) is 7.83. The van der Waals surface area contributed by atoms with Gasteiger partial charge in [0, 0.05) is 21.9 Å². The van der Waals surface area contributed by atoms with Crippen molar-refractivity contribution in [1.29, 1.82) is 0 Å². The van der Waals surface area contributed by atoms with Gasteiger partial charge in [-0.3, -0.25) is 0 Å². The summed E-state index contributed by atoms with van der Waals surface area (Å²) in [6.45, 7) is 0. The Morgan fingerprint density at radius 1 is 1.43 bits per heavy atom. The van der Waals surface area contributed by atoms with E-state index in [0.29, 0.717) is 0 Å². The average Bonchev–Trinajstić information content (AvgIpc) is 2.57. The van der Waals surface area contributed by atoms with Crippen LogP contribution in [0.1, 0.15) is 0 Å². The van der Waals surface area contributed by atoms with Crippen molar-refractivity contribution in [2.24, 2.45) is 7.05 Å². The molecule has 2 N–H and O–H groups in total. The van der Waals surface area contributed by atoms with Gasteiger partial charge in [0.05, 0.1) is 0 Å².